The number of hydrogen-bond donors (Lipinski definition) is 0. The summed E-state index contributed by atoms with van der Waals surface area (Å²) in [6.45, 7) is 4.55. The Morgan fingerprint density at radius 1 is 0.375 bits per heavy atom. The van der Waals surface area contributed by atoms with Crippen molar-refractivity contribution in [1.29, 1.82) is 0 Å². The fourth-order valence-corrected chi connectivity index (χ4v) is 7.55. The quantitative estimate of drug-likeness (QED) is 0.176. The number of nitrogens with zero attached hydrogens (tertiary/aromatic N) is 2. The van der Waals surface area contributed by atoms with E-state index < -0.39 is 0 Å². The molecular formula is C46H36N2. The van der Waals surface area contributed by atoms with Gasteiger partial charge in [0.25, 0.3) is 0 Å². The predicted molar refractivity (Wildman–Crippen MR) is 205 cm³/mol. The molecule has 0 N–H and O–H groups in total. The molecule has 0 amide bonds. The van der Waals surface area contributed by atoms with Crippen LogP contribution in [0.2, 0.25) is 0 Å². The molecule has 7 aromatic carbocycles. The third-order valence-corrected chi connectivity index (χ3v) is 9.75. The fourth-order valence-electron chi connectivity index (χ4n) is 7.55. The summed E-state index contributed by atoms with van der Waals surface area (Å²) in [4.78, 5) is 0. The van der Waals surface area contributed by atoms with Crippen molar-refractivity contribution in [2.24, 2.45) is 5.92 Å². The summed E-state index contributed by atoms with van der Waals surface area (Å²) in [5, 5.41) is 5.08. The molecule has 0 saturated carbocycles. The fraction of sp³-hybridized carbons (Fsp3) is 0.0870. The van der Waals surface area contributed by atoms with Crippen LogP contribution in [0.15, 0.2) is 164 Å². The van der Waals surface area contributed by atoms with Gasteiger partial charge in [0.15, 0.2) is 0 Å². The Bertz CT molecular complexity index is 2580. The van der Waals surface area contributed by atoms with Crippen LogP contribution in [0.1, 0.15) is 19.4 Å². The van der Waals surface area contributed by atoms with Crippen LogP contribution in [0.4, 0.5) is 0 Å². The molecule has 0 unspecified atom stereocenters. The van der Waals surface area contributed by atoms with Crippen molar-refractivity contribution < 1.29 is 0 Å². The Morgan fingerprint density at radius 3 is 1.31 bits per heavy atom. The van der Waals surface area contributed by atoms with Crippen LogP contribution in [-0.4, -0.2) is 9.13 Å². The number of benzene rings is 7. The average Bonchev–Trinajstić information content (AvgIpc) is 3.64. The molecule has 0 spiro atoms. The lowest BCUT2D eigenvalue weighted by Gasteiger charge is -2.11. The maximum absolute atomic E-state index is 2.41. The van der Waals surface area contributed by atoms with Crippen molar-refractivity contribution in [3.05, 3.63) is 169 Å². The van der Waals surface area contributed by atoms with Gasteiger partial charge in [0.2, 0.25) is 0 Å². The molecule has 2 heterocycles. The Morgan fingerprint density at radius 2 is 0.792 bits per heavy atom. The van der Waals surface area contributed by atoms with E-state index in [1.807, 2.05) is 0 Å². The number of hydrogen-bond acceptors (Lipinski definition) is 0. The first-order valence-corrected chi connectivity index (χ1v) is 16.9. The summed E-state index contributed by atoms with van der Waals surface area (Å²) in [7, 11) is 0. The highest BCUT2D eigenvalue weighted by Gasteiger charge is 2.16. The molecule has 9 rings (SSSR count). The smallest absolute Gasteiger partial charge is 0.0541 e. The molecule has 0 aliphatic heterocycles. The van der Waals surface area contributed by atoms with E-state index >= 15 is 0 Å². The molecule has 230 valence electrons. The van der Waals surface area contributed by atoms with Crippen LogP contribution in [-0.2, 0) is 6.42 Å². The van der Waals surface area contributed by atoms with E-state index in [0.29, 0.717) is 5.92 Å². The Hall–Kier alpha value is -5.86. The molecule has 0 atom stereocenters. The molecule has 0 bridgehead atoms. The van der Waals surface area contributed by atoms with Gasteiger partial charge in [-0.15, -0.1) is 0 Å². The first-order valence-electron chi connectivity index (χ1n) is 16.9. The third kappa shape index (κ3) is 4.72. The predicted octanol–water partition coefficient (Wildman–Crippen LogP) is 12.4. The summed E-state index contributed by atoms with van der Waals surface area (Å²) in [6, 6.07) is 60.1. The first kappa shape index (κ1) is 28.4. The highest BCUT2D eigenvalue weighted by atomic mass is 15.0. The summed E-state index contributed by atoms with van der Waals surface area (Å²) in [5.41, 5.74) is 13.6. The average molecular weight is 617 g/mol. The maximum Gasteiger partial charge on any atom is 0.0541 e. The molecule has 2 nitrogen and oxygen atoms in total. The second-order valence-electron chi connectivity index (χ2n) is 13.3. The van der Waals surface area contributed by atoms with Gasteiger partial charge >= 0.3 is 0 Å². The molecule has 0 aliphatic carbocycles. The highest BCUT2D eigenvalue weighted by molar-refractivity contribution is 6.12. The number of rotatable bonds is 6. The van der Waals surface area contributed by atoms with E-state index in [1.54, 1.807) is 0 Å². The summed E-state index contributed by atoms with van der Waals surface area (Å²) < 4.78 is 4.81. The zero-order valence-electron chi connectivity index (χ0n) is 27.3. The minimum absolute atomic E-state index is 0.643. The van der Waals surface area contributed by atoms with Crippen LogP contribution in [0.25, 0.3) is 77.2 Å². The zero-order chi connectivity index (χ0) is 32.2. The van der Waals surface area contributed by atoms with Gasteiger partial charge in [-0.3, -0.25) is 0 Å². The number of para-hydroxylation sites is 2. The van der Waals surface area contributed by atoms with Crippen LogP contribution in [0.3, 0.4) is 0 Å². The van der Waals surface area contributed by atoms with Gasteiger partial charge in [-0.2, -0.15) is 0 Å². The van der Waals surface area contributed by atoms with E-state index in [0.717, 1.165) is 6.42 Å². The largest absolute Gasteiger partial charge is 0.309 e. The van der Waals surface area contributed by atoms with Gasteiger partial charge in [0, 0.05) is 32.9 Å². The van der Waals surface area contributed by atoms with Crippen molar-refractivity contribution in [2.75, 3.05) is 0 Å². The standard InChI is InChI=1S/C46H36N2/c1-31(2)28-32-16-22-37(23-17-32)47-43-14-8-6-12-39(43)41-29-35(20-26-45(41)47)36-21-27-46-42(30-36)40-13-7-9-15-44(40)48(46)38-24-18-34(19-25-38)33-10-4-3-5-11-33/h3-27,29-31H,28H2,1-2H3. The Labute approximate surface area is 281 Å². The van der Waals surface area contributed by atoms with Gasteiger partial charge in [-0.25, -0.2) is 0 Å². The lowest BCUT2D eigenvalue weighted by atomic mass is 10.0. The minimum Gasteiger partial charge on any atom is -0.309 e. The van der Waals surface area contributed by atoms with E-state index in [4.69, 9.17) is 0 Å². The van der Waals surface area contributed by atoms with Crippen molar-refractivity contribution in [3.8, 4) is 33.6 Å². The van der Waals surface area contributed by atoms with Crippen LogP contribution < -0.4 is 0 Å². The maximum atomic E-state index is 2.41. The van der Waals surface area contributed by atoms with Crippen LogP contribution in [0.5, 0.6) is 0 Å². The monoisotopic (exact) mass is 616 g/mol. The summed E-state index contributed by atoms with van der Waals surface area (Å²) >= 11 is 0. The second kappa shape index (κ2) is 11.4. The number of aromatic nitrogens is 2. The van der Waals surface area contributed by atoms with Crippen LogP contribution in [0, 0.1) is 5.92 Å². The van der Waals surface area contributed by atoms with Gasteiger partial charge in [0.05, 0.1) is 22.1 Å². The summed E-state index contributed by atoms with van der Waals surface area (Å²) in [6.07, 6.45) is 1.10. The molecule has 0 fully saturated rings. The van der Waals surface area contributed by atoms with E-state index in [-0.39, 0.29) is 0 Å². The van der Waals surface area contributed by atoms with Gasteiger partial charge < -0.3 is 9.13 Å². The molecule has 2 heteroatoms. The molecule has 0 saturated heterocycles. The lowest BCUT2D eigenvalue weighted by molar-refractivity contribution is 0.647. The third-order valence-electron chi connectivity index (χ3n) is 9.75. The Kier molecular flexibility index (Phi) is 6.76. The van der Waals surface area contributed by atoms with Gasteiger partial charge in [-0.1, -0.05) is 117 Å². The molecule has 48 heavy (non-hydrogen) atoms. The minimum atomic E-state index is 0.643. The normalized spacial score (nSPS) is 11.8. The van der Waals surface area contributed by atoms with E-state index in [2.05, 4.69) is 187 Å². The summed E-state index contributed by atoms with van der Waals surface area (Å²) in [5.74, 6) is 0.643. The first-order chi connectivity index (χ1) is 23.6. The molecule has 2 aromatic heterocycles. The molecule has 0 aliphatic rings. The lowest BCUT2D eigenvalue weighted by Crippen LogP contribution is -1.97. The van der Waals surface area contributed by atoms with Gasteiger partial charge in [-0.05, 0) is 101 Å². The van der Waals surface area contributed by atoms with E-state index in [9.17, 15) is 0 Å². The topological polar surface area (TPSA) is 9.86 Å². The van der Waals surface area contributed by atoms with E-state index in [1.165, 1.54) is 82.8 Å². The van der Waals surface area contributed by atoms with Crippen molar-refractivity contribution in [2.45, 2.75) is 20.3 Å². The number of fused-ring (bicyclic) bond motifs is 6. The van der Waals surface area contributed by atoms with Crippen LogP contribution >= 0.6 is 0 Å². The van der Waals surface area contributed by atoms with Crippen molar-refractivity contribution >= 4 is 43.6 Å². The highest BCUT2D eigenvalue weighted by Crippen LogP contribution is 2.38. The second-order valence-corrected chi connectivity index (χ2v) is 13.3. The molecule has 9 aromatic rings. The molecular weight excluding hydrogens is 581 g/mol. The van der Waals surface area contributed by atoms with Crippen molar-refractivity contribution in [1.82, 2.24) is 9.13 Å². The molecule has 0 radical (unpaired) electrons. The SMILES string of the molecule is CC(C)Cc1ccc(-n2c3ccccc3c3cc(-c4ccc5c(c4)c4ccccc4n5-c4ccc(-c5ccccc5)cc4)ccc32)cc1. The Balaban J connectivity index is 1.16. The van der Waals surface area contributed by atoms with Gasteiger partial charge in [0.1, 0.15) is 0 Å². The zero-order valence-corrected chi connectivity index (χ0v) is 27.3. The van der Waals surface area contributed by atoms with Crippen molar-refractivity contribution in [3.63, 3.8) is 0 Å².